The van der Waals surface area contributed by atoms with Crippen molar-refractivity contribution in [3.63, 3.8) is 0 Å². The summed E-state index contributed by atoms with van der Waals surface area (Å²) in [4.78, 5) is 0. The van der Waals surface area contributed by atoms with Gasteiger partial charge in [-0.3, -0.25) is 0 Å². The molecule has 2 rings (SSSR count). The summed E-state index contributed by atoms with van der Waals surface area (Å²) in [6.45, 7) is 3.96. The average molecular weight is 333 g/mol. The molecule has 0 aliphatic carbocycles. The van der Waals surface area contributed by atoms with E-state index >= 15 is 0 Å². The number of ether oxygens (including phenoxy) is 2. The number of halogens is 1. The molecule has 9 heteroatoms. The molecule has 2 aromatic rings. The minimum atomic E-state index is -4.94. The third kappa shape index (κ3) is 4.58. The van der Waals surface area contributed by atoms with E-state index in [1.54, 1.807) is 18.9 Å². The van der Waals surface area contributed by atoms with Gasteiger partial charge in [-0.1, -0.05) is 4.68 Å². The number of nitrogen functional groups attached to an aromatic ring is 1. The normalized spacial score (nSPS) is 10.9. The molecule has 0 unspecified atom stereocenters. The van der Waals surface area contributed by atoms with Crippen LogP contribution in [0.2, 0.25) is 0 Å². The van der Waals surface area contributed by atoms with Crippen LogP contribution in [0, 0.1) is 24.1 Å². The Morgan fingerprint density at radius 1 is 0.955 bits per heavy atom. The summed E-state index contributed by atoms with van der Waals surface area (Å²) in [5, 5.41) is 2.16. The first-order valence-corrected chi connectivity index (χ1v) is 7.26. The number of hydrogen-bond acceptors (Lipinski definition) is 7. The molecule has 0 bridgehead atoms. The van der Waals surface area contributed by atoms with Crippen LogP contribution < -0.4 is 38.6 Å². The molecule has 0 radical (unpaired) electrons. The van der Waals surface area contributed by atoms with E-state index in [-0.39, 0.29) is 0 Å². The van der Waals surface area contributed by atoms with Crippen molar-refractivity contribution in [2.24, 2.45) is 0 Å². The Balaban J connectivity index is 0.000000422. The number of aryl methyl sites for hydroxylation is 2. The Kier molecular flexibility index (Phi) is 5.75. The van der Waals surface area contributed by atoms with Crippen molar-refractivity contribution in [3.8, 4) is 11.5 Å². The zero-order valence-electron chi connectivity index (χ0n) is 12.6. The molecule has 0 fully saturated rings. The summed E-state index contributed by atoms with van der Waals surface area (Å²) in [5.74, 6) is 7.40. The molecule has 1 aromatic heterocycles. The first kappa shape index (κ1) is 18.2. The number of rotatable bonds is 2. The van der Waals surface area contributed by atoms with E-state index in [9.17, 15) is 0 Å². The third-order valence-electron chi connectivity index (χ3n) is 3.05. The summed E-state index contributed by atoms with van der Waals surface area (Å²) in [5.41, 5.74) is 2.00. The van der Waals surface area contributed by atoms with E-state index in [1.165, 1.54) is 0 Å². The molecule has 0 spiro atoms. The lowest BCUT2D eigenvalue weighted by atomic mass is 10.1. The van der Waals surface area contributed by atoms with Crippen LogP contribution in [0.4, 0.5) is 0 Å². The molecule has 0 saturated heterocycles. The first-order valence-electron chi connectivity index (χ1n) is 6.03. The molecule has 1 aromatic carbocycles. The lowest BCUT2D eigenvalue weighted by molar-refractivity contribution is -2.00. The molecule has 122 valence electrons. The number of nitrogens with zero attached hydrogens (tertiary/aromatic N) is 1. The second-order valence-corrected chi connectivity index (χ2v) is 5.17. The van der Waals surface area contributed by atoms with Crippen LogP contribution in [-0.2, 0) is 0 Å². The van der Waals surface area contributed by atoms with Crippen LogP contribution in [0.1, 0.15) is 11.4 Å². The van der Waals surface area contributed by atoms with Gasteiger partial charge in [-0.2, -0.15) is 0 Å². The minimum Gasteiger partial charge on any atom is -0.493 e. The minimum absolute atomic E-state index is 0.715. The molecule has 22 heavy (non-hydrogen) atoms. The van der Waals surface area contributed by atoms with Gasteiger partial charge in [0.2, 0.25) is 11.4 Å². The number of pyridine rings is 1. The van der Waals surface area contributed by atoms with Gasteiger partial charge in [0.15, 0.2) is 11.5 Å². The fourth-order valence-corrected chi connectivity index (χ4v) is 2.02. The van der Waals surface area contributed by atoms with E-state index in [0.717, 1.165) is 27.9 Å². The van der Waals surface area contributed by atoms with Gasteiger partial charge in [0.25, 0.3) is 0 Å². The maximum Gasteiger partial charge on any atom is 0.216 e. The number of fused-ring (bicyclic) bond motifs is 1. The van der Waals surface area contributed by atoms with Crippen molar-refractivity contribution >= 4 is 10.8 Å². The maximum atomic E-state index is 8.49. The highest BCUT2D eigenvalue weighted by molar-refractivity contribution is 5.87. The molecule has 0 atom stereocenters. The van der Waals surface area contributed by atoms with Crippen LogP contribution in [0.5, 0.6) is 11.5 Å². The zero-order valence-corrected chi connectivity index (χ0v) is 13.3. The van der Waals surface area contributed by atoms with Crippen LogP contribution in [-0.4, -0.2) is 14.2 Å². The van der Waals surface area contributed by atoms with E-state index in [0.29, 0.717) is 5.75 Å². The summed E-state index contributed by atoms with van der Waals surface area (Å²) in [7, 11) is -1.68. The summed E-state index contributed by atoms with van der Waals surface area (Å²) in [6.07, 6.45) is 0. The molecule has 8 nitrogen and oxygen atoms in total. The molecule has 0 aliphatic heterocycles. The van der Waals surface area contributed by atoms with Gasteiger partial charge in [-0.15, -0.1) is 10.2 Å². The van der Waals surface area contributed by atoms with Crippen LogP contribution in [0.3, 0.4) is 0 Å². The van der Waals surface area contributed by atoms with E-state index in [2.05, 4.69) is 0 Å². The van der Waals surface area contributed by atoms with Crippen LogP contribution in [0.25, 0.3) is 10.8 Å². The number of benzene rings is 1. The van der Waals surface area contributed by atoms with E-state index in [1.807, 2.05) is 32.0 Å². The molecule has 2 N–H and O–H groups in total. The van der Waals surface area contributed by atoms with Gasteiger partial charge in [0.05, 0.1) is 19.6 Å². The van der Waals surface area contributed by atoms with Gasteiger partial charge < -0.3 is 9.47 Å². The Labute approximate surface area is 129 Å². The van der Waals surface area contributed by atoms with Gasteiger partial charge in [-0.25, -0.2) is 24.5 Å². The fourth-order valence-electron chi connectivity index (χ4n) is 2.02. The molecule has 1 heterocycles. The maximum absolute atomic E-state index is 8.49. The number of nitrogens with two attached hydrogens (primary N) is 1. The largest absolute Gasteiger partial charge is 0.493 e. The second-order valence-electron chi connectivity index (χ2n) is 4.41. The zero-order chi connectivity index (χ0) is 17.1. The second kappa shape index (κ2) is 6.95. The van der Waals surface area contributed by atoms with E-state index in [4.69, 9.17) is 34.0 Å². The standard InChI is InChI=1S/C13H17N2O2.ClHO4/c1-8-5-10-6-12(16-3)13(17-4)7-11(10)9(2)15(8)14;2-1(3,4)5/h5-7H,14H2,1-4H3;(H,2,3,4,5)/q+1;/p-1. The predicted molar refractivity (Wildman–Crippen MR) is 66.9 cm³/mol. The SMILES string of the molecule is COc1cc2cc(C)[n+](N)c(C)c2cc1OC.[O-][Cl+3]([O-])([O-])[O-]. The highest BCUT2D eigenvalue weighted by Crippen LogP contribution is 2.32. The smallest absolute Gasteiger partial charge is 0.216 e. The van der Waals surface area contributed by atoms with Crippen molar-refractivity contribution < 1.29 is 43.0 Å². The third-order valence-corrected chi connectivity index (χ3v) is 3.05. The average Bonchev–Trinajstić information content (AvgIpc) is 2.42. The first-order chi connectivity index (χ1) is 10.1. The van der Waals surface area contributed by atoms with Gasteiger partial charge in [0, 0.05) is 19.9 Å². The quantitative estimate of drug-likeness (QED) is 0.449. The van der Waals surface area contributed by atoms with Crippen LogP contribution >= 0.6 is 0 Å². The fraction of sp³-hybridized carbons (Fsp3) is 0.308. The number of aromatic nitrogens is 1. The van der Waals surface area contributed by atoms with Crippen LogP contribution in [0.15, 0.2) is 18.2 Å². The molecule has 0 saturated carbocycles. The molecular weight excluding hydrogens is 316 g/mol. The Morgan fingerprint density at radius 2 is 1.41 bits per heavy atom. The highest BCUT2D eigenvalue weighted by atomic mass is 35.7. The van der Waals surface area contributed by atoms with Gasteiger partial charge in [-0.05, 0) is 17.5 Å². The topological polar surface area (TPSA) is 141 Å². The summed E-state index contributed by atoms with van der Waals surface area (Å²) < 4.78 is 46.2. The lowest BCUT2D eigenvalue weighted by Crippen LogP contribution is -2.68. The molecular formula is C13H17ClN2O6. The lowest BCUT2D eigenvalue weighted by Gasteiger charge is -2.17. The molecule has 0 aliphatic rings. The van der Waals surface area contributed by atoms with Gasteiger partial charge >= 0.3 is 0 Å². The summed E-state index contributed by atoms with van der Waals surface area (Å²) in [6, 6.07) is 5.95. The number of methoxy groups -OCH3 is 2. The predicted octanol–water partition coefficient (Wildman–Crippen LogP) is -3.28. The monoisotopic (exact) mass is 332 g/mol. The summed E-state index contributed by atoms with van der Waals surface area (Å²) >= 11 is 0. The van der Waals surface area contributed by atoms with Crippen molar-refractivity contribution in [2.45, 2.75) is 13.8 Å². The van der Waals surface area contributed by atoms with Gasteiger partial charge in [0.1, 0.15) is 0 Å². The Bertz CT molecular complexity index is 666. The molecule has 0 amide bonds. The van der Waals surface area contributed by atoms with Crippen molar-refractivity contribution in [2.75, 3.05) is 20.1 Å². The number of hydrogen-bond donors (Lipinski definition) is 1. The van der Waals surface area contributed by atoms with Crippen molar-refractivity contribution in [3.05, 3.63) is 29.6 Å². The van der Waals surface area contributed by atoms with Crippen molar-refractivity contribution in [1.29, 1.82) is 0 Å². The van der Waals surface area contributed by atoms with Crippen molar-refractivity contribution in [1.82, 2.24) is 0 Å². The Hall–Kier alpha value is -1.84. The highest BCUT2D eigenvalue weighted by Gasteiger charge is 2.15. The van der Waals surface area contributed by atoms with E-state index < -0.39 is 10.2 Å². The Morgan fingerprint density at radius 3 is 1.86 bits per heavy atom.